The third kappa shape index (κ3) is 4.92. The predicted octanol–water partition coefficient (Wildman–Crippen LogP) is 1.11. The molecular formula is C13H25NO4. The molecule has 0 heterocycles. The van der Waals surface area contributed by atoms with E-state index in [-0.39, 0.29) is 12.1 Å². The number of methoxy groups -OCH3 is 2. The molecule has 2 unspecified atom stereocenters. The van der Waals surface area contributed by atoms with E-state index < -0.39 is 5.54 Å². The van der Waals surface area contributed by atoms with Gasteiger partial charge in [-0.1, -0.05) is 0 Å². The lowest BCUT2D eigenvalue weighted by molar-refractivity contribution is -0.149. The van der Waals surface area contributed by atoms with Crippen molar-refractivity contribution < 1.29 is 19.0 Å². The topological polar surface area (TPSA) is 56.8 Å². The molecule has 0 aromatic carbocycles. The van der Waals surface area contributed by atoms with Gasteiger partial charge in [0.15, 0.2) is 0 Å². The number of hydrogen-bond donors (Lipinski definition) is 1. The van der Waals surface area contributed by atoms with Crippen molar-refractivity contribution in [3.8, 4) is 0 Å². The van der Waals surface area contributed by atoms with Gasteiger partial charge in [0.25, 0.3) is 0 Å². The Labute approximate surface area is 109 Å². The van der Waals surface area contributed by atoms with E-state index in [1.165, 1.54) is 7.11 Å². The SMILES string of the molecule is COCC(C)OCCC(C)(NC1CC1)C(=O)OC. The van der Waals surface area contributed by atoms with E-state index in [2.05, 4.69) is 5.32 Å². The number of esters is 1. The number of hydrogen-bond acceptors (Lipinski definition) is 5. The molecule has 5 heteroatoms. The van der Waals surface area contributed by atoms with Crippen molar-refractivity contribution in [3.63, 3.8) is 0 Å². The van der Waals surface area contributed by atoms with Gasteiger partial charge in [-0.25, -0.2) is 0 Å². The van der Waals surface area contributed by atoms with Crippen LogP contribution in [-0.4, -0.2) is 51.1 Å². The predicted molar refractivity (Wildman–Crippen MR) is 68.5 cm³/mol. The van der Waals surface area contributed by atoms with E-state index in [9.17, 15) is 4.79 Å². The summed E-state index contributed by atoms with van der Waals surface area (Å²) >= 11 is 0. The molecule has 18 heavy (non-hydrogen) atoms. The van der Waals surface area contributed by atoms with Crippen LogP contribution in [-0.2, 0) is 19.0 Å². The maximum Gasteiger partial charge on any atom is 0.325 e. The fourth-order valence-corrected chi connectivity index (χ4v) is 1.88. The highest BCUT2D eigenvalue weighted by Gasteiger charge is 2.39. The minimum atomic E-state index is -0.650. The van der Waals surface area contributed by atoms with Crippen LogP contribution in [0.25, 0.3) is 0 Å². The fraction of sp³-hybridized carbons (Fsp3) is 0.923. The van der Waals surface area contributed by atoms with Crippen LogP contribution in [0.1, 0.15) is 33.1 Å². The Kier molecular flexibility index (Phi) is 6.05. The summed E-state index contributed by atoms with van der Waals surface area (Å²) in [5.74, 6) is -0.225. The molecule has 1 saturated carbocycles. The molecule has 0 bridgehead atoms. The number of carbonyl (C=O) groups excluding carboxylic acids is 1. The number of rotatable bonds is 9. The van der Waals surface area contributed by atoms with Gasteiger partial charge < -0.3 is 14.2 Å². The summed E-state index contributed by atoms with van der Waals surface area (Å²) < 4.78 is 15.5. The summed E-state index contributed by atoms with van der Waals surface area (Å²) in [4.78, 5) is 11.8. The first-order chi connectivity index (χ1) is 8.51. The Hall–Kier alpha value is -0.650. The van der Waals surface area contributed by atoms with Gasteiger partial charge in [0.05, 0.1) is 19.8 Å². The molecular weight excluding hydrogens is 234 g/mol. The first-order valence-electron chi connectivity index (χ1n) is 6.48. The third-order valence-corrected chi connectivity index (χ3v) is 3.14. The molecule has 0 saturated heterocycles. The number of carbonyl (C=O) groups is 1. The van der Waals surface area contributed by atoms with E-state index in [4.69, 9.17) is 14.2 Å². The van der Waals surface area contributed by atoms with Crippen molar-refractivity contribution in [2.45, 2.75) is 50.8 Å². The van der Waals surface area contributed by atoms with Crippen LogP contribution in [0.3, 0.4) is 0 Å². The van der Waals surface area contributed by atoms with E-state index in [0.29, 0.717) is 25.7 Å². The molecule has 1 rings (SSSR count). The zero-order valence-electron chi connectivity index (χ0n) is 11.8. The molecule has 5 nitrogen and oxygen atoms in total. The van der Waals surface area contributed by atoms with Crippen molar-refractivity contribution in [1.29, 1.82) is 0 Å². The van der Waals surface area contributed by atoms with Crippen molar-refractivity contribution in [3.05, 3.63) is 0 Å². The van der Waals surface area contributed by atoms with Gasteiger partial charge in [-0.3, -0.25) is 10.1 Å². The van der Waals surface area contributed by atoms with E-state index in [1.54, 1.807) is 7.11 Å². The number of ether oxygens (including phenoxy) is 3. The molecule has 0 amide bonds. The molecule has 106 valence electrons. The second kappa shape index (κ2) is 7.07. The van der Waals surface area contributed by atoms with Crippen LogP contribution in [0.4, 0.5) is 0 Å². The average molecular weight is 259 g/mol. The molecule has 0 aromatic heterocycles. The summed E-state index contributed by atoms with van der Waals surface area (Å²) in [6, 6.07) is 0.450. The smallest absolute Gasteiger partial charge is 0.325 e. The first kappa shape index (κ1) is 15.4. The van der Waals surface area contributed by atoms with Crippen molar-refractivity contribution in [1.82, 2.24) is 5.32 Å². The zero-order valence-corrected chi connectivity index (χ0v) is 11.8. The lowest BCUT2D eigenvalue weighted by Crippen LogP contribution is -2.52. The summed E-state index contributed by atoms with van der Waals surface area (Å²) in [5, 5.41) is 3.34. The lowest BCUT2D eigenvalue weighted by Gasteiger charge is -2.28. The van der Waals surface area contributed by atoms with Crippen LogP contribution in [0.15, 0.2) is 0 Å². The lowest BCUT2D eigenvalue weighted by atomic mass is 9.98. The van der Waals surface area contributed by atoms with Crippen LogP contribution in [0.2, 0.25) is 0 Å². The number of nitrogens with one attached hydrogen (secondary N) is 1. The summed E-state index contributed by atoms with van der Waals surface area (Å²) in [7, 11) is 3.07. The average Bonchev–Trinajstić information content (AvgIpc) is 3.12. The fourth-order valence-electron chi connectivity index (χ4n) is 1.88. The summed E-state index contributed by atoms with van der Waals surface area (Å²) in [6.45, 7) is 4.90. The highest BCUT2D eigenvalue weighted by molar-refractivity contribution is 5.80. The van der Waals surface area contributed by atoms with Crippen LogP contribution >= 0.6 is 0 Å². The van der Waals surface area contributed by atoms with Gasteiger partial charge in [-0.05, 0) is 33.1 Å². The standard InChI is InChI=1S/C13H25NO4/c1-10(9-16-3)18-8-7-13(2,12(15)17-4)14-11-5-6-11/h10-11,14H,5-9H2,1-4H3. The third-order valence-electron chi connectivity index (χ3n) is 3.14. The highest BCUT2D eigenvalue weighted by atomic mass is 16.5. The molecule has 0 spiro atoms. The summed E-state index contributed by atoms with van der Waals surface area (Å²) in [5.41, 5.74) is -0.650. The first-order valence-corrected chi connectivity index (χ1v) is 6.48. The molecule has 1 N–H and O–H groups in total. The second-order valence-corrected chi connectivity index (χ2v) is 5.13. The molecule has 0 aromatic rings. The van der Waals surface area contributed by atoms with Crippen molar-refractivity contribution >= 4 is 5.97 Å². The van der Waals surface area contributed by atoms with E-state index in [0.717, 1.165) is 12.8 Å². The Balaban J connectivity index is 2.38. The Morgan fingerprint density at radius 1 is 1.44 bits per heavy atom. The Morgan fingerprint density at radius 3 is 2.61 bits per heavy atom. The van der Waals surface area contributed by atoms with Gasteiger partial charge in [0, 0.05) is 19.8 Å². The second-order valence-electron chi connectivity index (χ2n) is 5.13. The van der Waals surface area contributed by atoms with Gasteiger partial charge >= 0.3 is 5.97 Å². The highest BCUT2D eigenvalue weighted by Crippen LogP contribution is 2.25. The normalized spacial score (nSPS) is 20.2. The minimum absolute atomic E-state index is 0.0396. The maximum atomic E-state index is 11.8. The van der Waals surface area contributed by atoms with Crippen LogP contribution in [0.5, 0.6) is 0 Å². The Morgan fingerprint density at radius 2 is 2.11 bits per heavy atom. The zero-order chi connectivity index (χ0) is 13.6. The monoisotopic (exact) mass is 259 g/mol. The van der Waals surface area contributed by atoms with Crippen LogP contribution in [0, 0.1) is 0 Å². The molecule has 1 aliphatic carbocycles. The molecule has 0 aliphatic heterocycles. The van der Waals surface area contributed by atoms with E-state index >= 15 is 0 Å². The molecule has 0 radical (unpaired) electrons. The summed E-state index contributed by atoms with van der Waals surface area (Å²) in [6.07, 6.45) is 2.91. The largest absolute Gasteiger partial charge is 0.468 e. The Bertz CT molecular complexity index is 268. The van der Waals surface area contributed by atoms with Gasteiger partial charge in [0.1, 0.15) is 5.54 Å². The van der Waals surface area contributed by atoms with Gasteiger partial charge in [0.2, 0.25) is 0 Å². The molecule has 2 atom stereocenters. The van der Waals surface area contributed by atoms with Crippen molar-refractivity contribution in [2.75, 3.05) is 27.4 Å². The van der Waals surface area contributed by atoms with E-state index in [1.807, 2.05) is 13.8 Å². The molecule has 1 fully saturated rings. The van der Waals surface area contributed by atoms with Gasteiger partial charge in [-0.2, -0.15) is 0 Å². The minimum Gasteiger partial charge on any atom is -0.468 e. The van der Waals surface area contributed by atoms with Crippen LogP contribution < -0.4 is 5.32 Å². The van der Waals surface area contributed by atoms with Gasteiger partial charge in [-0.15, -0.1) is 0 Å². The van der Waals surface area contributed by atoms with Crippen molar-refractivity contribution in [2.24, 2.45) is 0 Å². The maximum absolute atomic E-state index is 11.8. The molecule has 1 aliphatic rings. The quantitative estimate of drug-likeness (QED) is 0.629.